The van der Waals surface area contributed by atoms with Crippen LogP contribution in [0.1, 0.15) is 23.5 Å². The topological polar surface area (TPSA) is 71.8 Å². The molecule has 1 fully saturated rings. The van der Waals surface area contributed by atoms with Gasteiger partial charge in [-0.15, -0.1) is 0 Å². The highest BCUT2D eigenvalue weighted by Crippen LogP contribution is 2.45. The predicted octanol–water partition coefficient (Wildman–Crippen LogP) is 2.16. The number of halogens is 1. The highest BCUT2D eigenvalue weighted by atomic mass is 79.9. The van der Waals surface area contributed by atoms with E-state index in [-0.39, 0.29) is 10.6 Å². The monoisotopic (exact) mass is 245 g/mol. The molecule has 2 rings (SSSR count). The highest BCUT2D eigenvalue weighted by Gasteiger charge is 2.35. The van der Waals surface area contributed by atoms with Gasteiger partial charge in [-0.3, -0.25) is 0 Å². The molecular weight excluding hydrogens is 238 g/mol. The molecule has 0 radical (unpaired) electrons. The molecule has 1 N–H and O–H groups in total. The first kappa shape index (κ1) is 8.68. The summed E-state index contributed by atoms with van der Waals surface area (Å²) in [6.45, 7) is 0. The van der Waals surface area contributed by atoms with Crippen LogP contribution in [0, 0.1) is 16.0 Å². The van der Waals surface area contributed by atoms with Crippen molar-refractivity contribution in [2.45, 2.75) is 17.7 Å². The second-order valence-corrected chi connectivity index (χ2v) is 4.13. The van der Waals surface area contributed by atoms with Crippen LogP contribution in [0.4, 0.5) is 5.82 Å². The maximum Gasteiger partial charge on any atom is 0.381 e. The number of nitro groups is 1. The number of alkyl halides is 1. The fraction of sp³-hybridized carbons (Fsp3) is 0.571. The molecule has 70 valence electrons. The first-order valence-corrected chi connectivity index (χ1v) is 4.94. The van der Waals surface area contributed by atoms with Crippen molar-refractivity contribution in [1.82, 2.24) is 9.97 Å². The van der Waals surface area contributed by atoms with E-state index in [2.05, 4.69) is 25.9 Å². The zero-order chi connectivity index (χ0) is 9.42. The molecule has 0 aromatic carbocycles. The van der Waals surface area contributed by atoms with Gasteiger partial charge in [0.1, 0.15) is 11.0 Å². The van der Waals surface area contributed by atoms with Gasteiger partial charge in [0.25, 0.3) is 0 Å². The van der Waals surface area contributed by atoms with E-state index in [1.165, 1.54) is 19.0 Å². The first-order valence-electron chi connectivity index (χ1n) is 4.02. The standard InChI is InChI=1S/C7H8BrN3O2/c8-6(4-1-2-4)7-9-3-5(10-7)11(12)13/h3-4,6H,1-2H2,(H,9,10). The molecule has 0 amide bonds. The van der Waals surface area contributed by atoms with E-state index in [4.69, 9.17) is 0 Å². The lowest BCUT2D eigenvalue weighted by molar-refractivity contribution is -0.389. The van der Waals surface area contributed by atoms with Crippen LogP contribution in [0.25, 0.3) is 0 Å². The molecule has 13 heavy (non-hydrogen) atoms. The second-order valence-electron chi connectivity index (χ2n) is 3.14. The average molecular weight is 246 g/mol. The van der Waals surface area contributed by atoms with Crippen LogP contribution in [0.3, 0.4) is 0 Å². The number of imidazole rings is 1. The van der Waals surface area contributed by atoms with Crippen molar-refractivity contribution < 1.29 is 4.92 Å². The smallest absolute Gasteiger partial charge is 0.358 e. The molecule has 1 heterocycles. The van der Waals surface area contributed by atoms with Gasteiger partial charge in [-0.1, -0.05) is 15.9 Å². The lowest BCUT2D eigenvalue weighted by Gasteiger charge is -1.97. The molecule has 5 nitrogen and oxygen atoms in total. The maximum atomic E-state index is 10.3. The van der Waals surface area contributed by atoms with Crippen LogP contribution in [0.2, 0.25) is 0 Å². The second kappa shape index (κ2) is 3.10. The van der Waals surface area contributed by atoms with Gasteiger partial charge in [0.05, 0.1) is 0 Å². The van der Waals surface area contributed by atoms with Gasteiger partial charge in [-0.25, -0.2) is 0 Å². The zero-order valence-electron chi connectivity index (χ0n) is 6.74. The summed E-state index contributed by atoms with van der Waals surface area (Å²) in [5.41, 5.74) is 0. The van der Waals surface area contributed by atoms with Crippen molar-refractivity contribution in [3.05, 3.63) is 22.1 Å². The summed E-state index contributed by atoms with van der Waals surface area (Å²) < 4.78 is 0. The van der Waals surface area contributed by atoms with Crippen LogP contribution in [0.5, 0.6) is 0 Å². The van der Waals surface area contributed by atoms with Gasteiger partial charge in [0.2, 0.25) is 5.82 Å². The van der Waals surface area contributed by atoms with Crippen LogP contribution < -0.4 is 0 Å². The number of hydrogen-bond acceptors (Lipinski definition) is 3. The Bertz CT molecular complexity index is 334. The number of aromatic nitrogens is 2. The van der Waals surface area contributed by atoms with Crippen molar-refractivity contribution in [2.75, 3.05) is 0 Å². The summed E-state index contributed by atoms with van der Waals surface area (Å²) in [5, 5.41) is 10.3. The van der Waals surface area contributed by atoms with E-state index in [0.29, 0.717) is 11.7 Å². The van der Waals surface area contributed by atoms with Gasteiger partial charge in [-0.05, 0) is 28.7 Å². The van der Waals surface area contributed by atoms with E-state index in [1.807, 2.05) is 0 Å². The number of nitrogens with one attached hydrogen (secondary N) is 1. The summed E-state index contributed by atoms with van der Waals surface area (Å²) in [6.07, 6.45) is 3.67. The molecule has 1 aliphatic carbocycles. The Balaban J connectivity index is 2.16. The van der Waals surface area contributed by atoms with Crippen molar-refractivity contribution in [1.29, 1.82) is 0 Å². The number of H-pyrrole nitrogens is 1. The Morgan fingerprint density at radius 2 is 2.46 bits per heavy atom. The van der Waals surface area contributed by atoms with Crippen LogP contribution in [0.15, 0.2) is 6.20 Å². The quantitative estimate of drug-likeness (QED) is 0.504. The fourth-order valence-corrected chi connectivity index (χ4v) is 1.94. The van der Waals surface area contributed by atoms with Crippen molar-refractivity contribution >= 4 is 21.7 Å². The average Bonchev–Trinajstić information content (AvgIpc) is 2.81. The molecule has 6 heteroatoms. The number of nitrogens with zero attached hydrogens (tertiary/aromatic N) is 2. The molecule has 1 atom stereocenters. The number of aromatic amines is 1. The fourth-order valence-electron chi connectivity index (χ4n) is 1.17. The van der Waals surface area contributed by atoms with Crippen LogP contribution >= 0.6 is 15.9 Å². The highest BCUT2D eigenvalue weighted by molar-refractivity contribution is 9.09. The van der Waals surface area contributed by atoms with Crippen molar-refractivity contribution in [3.63, 3.8) is 0 Å². The minimum absolute atomic E-state index is 0.111. The molecule has 1 aromatic heterocycles. The SMILES string of the molecule is O=[N+]([O-])c1c[nH]c(C(Br)C2CC2)n1. The van der Waals surface area contributed by atoms with Crippen LogP contribution in [-0.2, 0) is 0 Å². The first-order chi connectivity index (χ1) is 6.18. The number of hydrogen-bond donors (Lipinski definition) is 1. The van der Waals surface area contributed by atoms with Gasteiger partial charge in [-0.2, -0.15) is 0 Å². The Hall–Kier alpha value is -0.910. The Kier molecular flexibility index (Phi) is 2.07. The summed E-state index contributed by atoms with van der Waals surface area (Å²) in [7, 11) is 0. The molecule has 0 bridgehead atoms. The third-order valence-corrected chi connectivity index (χ3v) is 3.25. The minimum atomic E-state index is -0.493. The Labute approximate surface area is 82.8 Å². The van der Waals surface area contributed by atoms with E-state index in [9.17, 15) is 10.1 Å². The van der Waals surface area contributed by atoms with Gasteiger partial charge in [0, 0.05) is 0 Å². The molecule has 1 aliphatic rings. The van der Waals surface area contributed by atoms with E-state index in [0.717, 1.165) is 0 Å². The summed E-state index contributed by atoms with van der Waals surface area (Å²) in [6, 6.07) is 0. The van der Waals surface area contributed by atoms with Gasteiger partial charge in [0.15, 0.2) is 0 Å². The molecule has 1 saturated carbocycles. The molecule has 1 aromatic rings. The molecule has 0 aliphatic heterocycles. The summed E-state index contributed by atoms with van der Waals surface area (Å²) in [5.74, 6) is 1.14. The van der Waals surface area contributed by atoms with E-state index < -0.39 is 4.92 Å². The van der Waals surface area contributed by atoms with Gasteiger partial charge >= 0.3 is 5.82 Å². The Morgan fingerprint density at radius 3 is 2.92 bits per heavy atom. The van der Waals surface area contributed by atoms with Crippen molar-refractivity contribution in [2.24, 2.45) is 5.92 Å². The maximum absolute atomic E-state index is 10.3. The summed E-state index contributed by atoms with van der Waals surface area (Å²) in [4.78, 5) is 16.7. The summed E-state index contributed by atoms with van der Waals surface area (Å²) >= 11 is 3.46. The minimum Gasteiger partial charge on any atom is -0.358 e. The van der Waals surface area contributed by atoms with Crippen molar-refractivity contribution in [3.8, 4) is 0 Å². The van der Waals surface area contributed by atoms with Gasteiger partial charge < -0.3 is 15.1 Å². The zero-order valence-corrected chi connectivity index (χ0v) is 8.32. The molecule has 1 unspecified atom stereocenters. The lowest BCUT2D eigenvalue weighted by Crippen LogP contribution is -1.95. The largest absolute Gasteiger partial charge is 0.381 e. The van der Waals surface area contributed by atoms with E-state index in [1.54, 1.807) is 0 Å². The third-order valence-electron chi connectivity index (χ3n) is 2.07. The normalized spacial score (nSPS) is 18.5. The third kappa shape index (κ3) is 1.72. The van der Waals surface area contributed by atoms with Crippen LogP contribution in [-0.4, -0.2) is 14.9 Å². The lowest BCUT2D eigenvalue weighted by atomic mass is 10.3. The van der Waals surface area contributed by atoms with E-state index >= 15 is 0 Å². The number of rotatable bonds is 3. The Morgan fingerprint density at radius 1 is 1.77 bits per heavy atom. The molecular formula is C7H8BrN3O2. The predicted molar refractivity (Wildman–Crippen MR) is 49.6 cm³/mol. The molecule has 0 spiro atoms. The molecule has 0 saturated heterocycles.